The number of rotatable bonds is 6. The van der Waals surface area contributed by atoms with E-state index in [1.54, 1.807) is 0 Å². The maximum atomic E-state index is 12.0. The van der Waals surface area contributed by atoms with Gasteiger partial charge in [0, 0.05) is 11.5 Å². The van der Waals surface area contributed by atoms with Crippen molar-refractivity contribution in [2.24, 2.45) is 11.3 Å². The van der Waals surface area contributed by atoms with Crippen LogP contribution in [0.1, 0.15) is 53.9 Å². The van der Waals surface area contributed by atoms with Crippen LogP contribution in [0.25, 0.3) is 0 Å². The number of nitrogens with zero attached hydrogens (tertiary/aromatic N) is 1. The van der Waals surface area contributed by atoms with Gasteiger partial charge in [0.2, 0.25) is 0 Å². The second-order valence-corrected chi connectivity index (χ2v) is 6.56. The van der Waals surface area contributed by atoms with Gasteiger partial charge in [0.1, 0.15) is 0 Å². The summed E-state index contributed by atoms with van der Waals surface area (Å²) in [6.07, 6.45) is 3.78. The average molecular weight is 225 g/mol. The smallest absolute Gasteiger partial charge is 0.152 e. The molecule has 0 heterocycles. The molecule has 1 aliphatic carbocycles. The molecule has 0 radical (unpaired) electrons. The quantitative estimate of drug-likeness (QED) is 0.692. The van der Waals surface area contributed by atoms with E-state index < -0.39 is 0 Å². The molecule has 1 fully saturated rings. The van der Waals surface area contributed by atoms with E-state index in [4.69, 9.17) is 0 Å². The molecule has 0 aromatic heterocycles. The zero-order valence-corrected chi connectivity index (χ0v) is 11.5. The molecule has 0 spiro atoms. The third-order valence-electron chi connectivity index (χ3n) is 3.24. The monoisotopic (exact) mass is 225 g/mol. The molecule has 1 aliphatic rings. The molecule has 2 nitrogen and oxygen atoms in total. The van der Waals surface area contributed by atoms with Crippen molar-refractivity contribution in [3.8, 4) is 0 Å². The summed E-state index contributed by atoms with van der Waals surface area (Å²) in [5.41, 5.74) is -0.190. The summed E-state index contributed by atoms with van der Waals surface area (Å²) in [6.45, 7) is 12.3. The Bertz CT molecular complexity index is 236. The molecular formula is C14H27NO. The van der Waals surface area contributed by atoms with E-state index in [0.717, 1.165) is 12.5 Å². The fourth-order valence-corrected chi connectivity index (χ4v) is 1.68. The zero-order chi connectivity index (χ0) is 12.3. The summed E-state index contributed by atoms with van der Waals surface area (Å²) in [5.74, 6) is 1.11. The molecule has 0 saturated heterocycles. The number of carbonyl (C=O) groups is 1. The topological polar surface area (TPSA) is 20.3 Å². The third kappa shape index (κ3) is 4.65. The number of hydrogen-bond acceptors (Lipinski definition) is 2. The fourth-order valence-electron chi connectivity index (χ4n) is 1.68. The van der Waals surface area contributed by atoms with E-state index in [0.29, 0.717) is 18.4 Å². The van der Waals surface area contributed by atoms with Gasteiger partial charge in [-0.2, -0.15) is 0 Å². The first kappa shape index (κ1) is 13.7. The highest BCUT2D eigenvalue weighted by Gasteiger charge is 2.32. The van der Waals surface area contributed by atoms with Crippen LogP contribution >= 0.6 is 0 Å². The van der Waals surface area contributed by atoms with Gasteiger partial charge in [-0.1, -0.05) is 34.6 Å². The second kappa shape index (κ2) is 5.31. The average Bonchev–Trinajstić information content (AvgIpc) is 2.92. The SMILES string of the molecule is CC(C)CCN(CC(=O)C(C)(C)C)C1CC1. The Labute approximate surface area is 100 Å². The lowest BCUT2D eigenvalue weighted by atomic mass is 9.90. The van der Waals surface area contributed by atoms with Gasteiger partial charge >= 0.3 is 0 Å². The lowest BCUT2D eigenvalue weighted by Crippen LogP contribution is -2.38. The van der Waals surface area contributed by atoms with Crippen molar-refractivity contribution < 1.29 is 4.79 Å². The molecule has 0 aromatic rings. The Hall–Kier alpha value is -0.370. The third-order valence-corrected chi connectivity index (χ3v) is 3.24. The second-order valence-electron chi connectivity index (χ2n) is 6.56. The molecule has 0 unspecified atom stereocenters. The van der Waals surface area contributed by atoms with Crippen LogP contribution in [0.4, 0.5) is 0 Å². The first-order valence-electron chi connectivity index (χ1n) is 6.58. The summed E-state index contributed by atoms with van der Waals surface area (Å²) in [5, 5.41) is 0. The van der Waals surface area contributed by atoms with E-state index in [1.807, 2.05) is 20.8 Å². The highest BCUT2D eigenvalue weighted by Crippen LogP contribution is 2.28. The lowest BCUT2D eigenvalue weighted by Gasteiger charge is -2.26. The minimum absolute atomic E-state index is 0.190. The predicted molar refractivity (Wildman–Crippen MR) is 68.5 cm³/mol. The van der Waals surface area contributed by atoms with Crippen molar-refractivity contribution in [1.82, 2.24) is 4.90 Å². The van der Waals surface area contributed by atoms with Crippen LogP contribution in [0.15, 0.2) is 0 Å². The fraction of sp³-hybridized carbons (Fsp3) is 0.929. The van der Waals surface area contributed by atoms with Crippen molar-refractivity contribution in [2.75, 3.05) is 13.1 Å². The Balaban J connectivity index is 2.42. The number of ketones is 1. The molecule has 1 saturated carbocycles. The van der Waals surface area contributed by atoms with Gasteiger partial charge in [0.25, 0.3) is 0 Å². The van der Waals surface area contributed by atoms with Crippen LogP contribution in [-0.4, -0.2) is 29.8 Å². The van der Waals surface area contributed by atoms with E-state index in [-0.39, 0.29) is 5.41 Å². The van der Waals surface area contributed by atoms with Crippen molar-refractivity contribution in [3.05, 3.63) is 0 Å². The standard InChI is InChI=1S/C14H27NO/c1-11(2)8-9-15(12-6-7-12)10-13(16)14(3,4)5/h11-12H,6-10H2,1-5H3. The number of carbonyl (C=O) groups excluding carboxylic acids is 1. The lowest BCUT2D eigenvalue weighted by molar-refractivity contribution is -0.127. The maximum absolute atomic E-state index is 12.0. The Morgan fingerprint density at radius 2 is 1.88 bits per heavy atom. The Morgan fingerprint density at radius 3 is 2.25 bits per heavy atom. The predicted octanol–water partition coefficient (Wildman–Crippen LogP) is 3.11. The maximum Gasteiger partial charge on any atom is 0.152 e. The van der Waals surface area contributed by atoms with Crippen molar-refractivity contribution in [3.63, 3.8) is 0 Å². The first-order valence-corrected chi connectivity index (χ1v) is 6.58. The molecular weight excluding hydrogens is 198 g/mol. The van der Waals surface area contributed by atoms with Crippen LogP contribution < -0.4 is 0 Å². The van der Waals surface area contributed by atoms with E-state index in [1.165, 1.54) is 19.3 Å². The van der Waals surface area contributed by atoms with Crippen molar-refractivity contribution in [1.29, 1.82) is 0 Å². The molecule has 0 amide bonds. The Morgan fingerprint density at radius 1 is 1.31 bits per heavy atom. The van der Waals surface area contributed by atoms with E-state index in [2.05, 4.69) is 18.7 Å². The van der Waals surface area contributed by atoms with Crippen LogP contribution in [0.3, 0.4) is 0 Å². The van der Waals surface area contributed by atoms with Crippen LogP contribution in [-0.2, 0) is 4.79 Å². The molecule has 16 heavy (non-hydrogen) atoms. The molecule has 0 bridgehead atoms. The van der Waals surface area contributed by atoms with Gasteiger partial charge < -0.3 is 0 Å². The molecule has 94 valence electrons. The largest absolute Gasteiger partial charge is 0.298 e. The molecule has 0 N–H and O–H groups in total. The normalized spacial score (nSPS) is 17.2. The molecule has 0 atom stereocenters. The van der Waals surface area contributed by atoms with Gasteiger partial charge in [-0.05, 0) is 31.7 Å². The number of hydrogen-bond donors (Lipinski definition) is 0. The molecule has 1 rings (SSSR count). The van der Waals surface area contributed by atoms with Gasteiger partial charge in [0.15, 0.2) is 5.78 Å². The van der Waals surface area contributed by atoms with Crippen LogP contribution in [0.2, 0.25) is 0 Å². The minimum Gasteiger partial charge on any atom is -0.298 e. The van der Waals surface area contributed by atoms with Crippen molar-refractivity contribution >= 4 is 5.78 Å². The first-order chi connectivity index (χ1) is 7.30. The molecule has 0 aliphatic heterocycles. The number of Topliss-reactive ketones (excluding diaryl/α,β-unsaturated/α-hetero) is 1. The summed E-state index contributed by atoms with van der Waals surface area (Å²) < 4.78 is 0. The van der Waals surface area contributed by atoms with Gasteiger partial charge in [-0.15, -0.1) is 0 Å². The summed E-state index contributed by atoms with van der Waals surface area (Å²) in [7, 11) is 0. The van der Waals surface area contributed by atoms with E-state index in [9.17, 15) is 4.79 Å². The van der Waals surface area contributed by atoms with E-state index >= 15 is 0 Å². The highest BCUT2D eigenvalue weighted by atomic mass is 16.1. The van der Waals surface area contributed by atoms with Gasteiger partial charge in [0.05, 0.1) is 6.54 Å². The van der Waals surface area contributed by atoms with Crippen LogP contribution in [0, 0.1) is 11.3 Å². The van der Waals surface area contributed by atoms with Crippen LogP contribution in [0.5, 0.6) is 0 Å². The minimum atomic E-state index is -0.190. The Kier molecular flexibility index (Phi) is 4.54. The molecule has 0 aromatic carbocycles. The summed E-state index contributed by atoms with van der Waals surface area (Å²) >= 11 is 0. The summed E-state index contributed by atoms with van der Waals surface area (Å²) in [6, 6.07) is 0.699. The zero-order valence-electron chi connectivity index (χ0n) is 11.5. The highest BCUT2D eigenvalue weighted by molar-refractivity contribution is 5.85. The molecule has 2 heteroatoms. The van der Waals surface area contributed by atoms with Crippen molar-refractivity contribution in [2.45, 2.75) is 59.9 Å². The summed E-state index contributed by atoms with van der Waals surface area (Å²) in [4.78, 5) is 14.4. The van der Waals surface area contributed by atoms with Gasteiger partial charge in [-0.3, -0.25) is 9.69 Å². The van der Waals surface area contributed by atoms with Gasteiger partial charge in [-0.25, -0.2) is 0 Å².